The van der Waals surface area contributed by atoms with Crippen LogP contribution in [-0.4, -0.2) is 45.0 Å². The Morgan fingerprint density at radius 2 is 1.97 bits per heavy atom. The maximum Gasteiger partial charge on any atom is 0.471 e. The summed E-state index contributed by atoms with van der Waals surface area (Å²) in [6.07, 6.45) is -1.14. The topological polar surface area (TPSA) is 50.8 Å². The third kappa shape index (κ3) is 4.12. The van der Waals surface area contributed by atoms with Gasteiger partial charge in [-0.15, -0.1) is 0 Å². The van der Waals surface area contributed by atoms with Gasteiger partial charge in [-0.05, 0) is 54.8 Å². The lowest BCUT2D eigenvalue weighted by Crippen LogP contribution is -2.47. The molecule has 2 unspecified atom stereocenters. The first-order chi connectivity index (χ1) is 15.2. The summed E-state index contributed by atoms with van der Waals surface area (Å²) in [5.74, 6) is -1.42. The van der Waals surface area contributed by atoms with Crippen LogP contribution in [-0.2, 0) is 9.53 Å². The summed E-state index contributed by atoms with van der Waals surface area (Å²) in [6, 6.07) is 14.6. The number of halogens is 3. The van der Waals surface area contributed by atoms with Gasteiger partial charge in [0.25, 0.3) is 0 Å². The van der Waals surface area contributed by atoms with E-state index in [-0.39, 0.29) is 11.7 Å². The molecule has 1 amide bonds. The van der Waals surface area contributed by atoms with Crippen molar-refractivity contribution in [3.63, 3.8) is 0 Å². The predicted molar refractivity (Wildman–Crippen MR) is 116 cm³/mol. The van der Waals surface area contributed by atoms with E-state index in [4.69, 9.17) is 9.47 Å². The molecule has 2 heterocycles. The summed E-state index contributed by atoms with van der Waals surface area (Å²) >= 11 is 0. The number of nitrogens with one attached hydrogen (secondary N) is 1. The van der Waals surface area contributed by atoms with Crippen LogP contribution >= 0.6 is 0 Å². The van der Waals surface area contributed by atoms with Gasteiger partial charge in [0.05, 0.1) is 19.8 Å². The second kappa shape index (κ2) is 8.60. The van der Waals surface area contributed by atoms with Crippen molar-refractivity contribution in [1.29, 1.82) is 0 Å². The Labute approximate surface area is 184 Å². The summed E-state index contributed by atoms with van der Waals surface area (Å²) in [5.41, 5.74) is 2.11. The van der Waals surface area contributed by atoms with Crippen molar-refractivity contribution < 1.29 is 27.4 Å². The summed E-state index contributed by atoms with van der Waals surface area (Å²) < 4.78 is 50.6. The number of hydrogen-bond acceptors (Lipinski definition) is 4. The largest absolute Gasteiger partial charge is 0.496 e. The first-order valence-electron chi connectivity index (χ1n) is 10.4. The Balaban J connectivity index is 1.72. The molecular weight excluding hydrogens is 421 g/mol. The highest BCUT2D eigenvalue weighted by Gasteiger charge is 2.45. The lowest BCUT2D eigenvalue weighted by molar-refractivity contribution is -0.170. The number of methoxy groups -OCH3 is 1. The van der Waals surface area contributed by atoms with E-state index < -0.39 is 17.7 Å². The highest BCUT2D eigenvalue weighted by molar-refractivity contribution is 5.97. The second-order valence-corrected chi connectivity index (χ2v) is 8.06. The van der Waals surface area contributed by atoms with Crippen LogP contribution < -0.4 is 15.0 Å². The van der Waals surface area contributed by atoms with Crippen LogP contribution in [0.3, 0.4) is 0 Å². The Bertz CT molecular complexity index is 1020. The van der Waals surface area contributed by atoms with Gasteiger partial charge in [-0.25, -0.2) is 0 Å². The van der Waals surface area contributed by atoms with Crippen LogP contribution in [0.1, 0.15) is 30.0 Å². The Morgan fingerprint density at radius 3 is 2.66 bits per heavy atom. The van der Waals surface area contributed by atoms with Gasteiger partial charge in [-0.1, -0.05) is 30.3 Å². The number of rotatable bonds is 4. The van der Waals surface area contributed by atoms with Gasteiger partial charge < -0.3 is 19.7 Å². The fourth-order valence-corrected chi connectivity index (χ4v) is 4.49. The van der Waals surface area contributed by atoms with Crippen LogP contribution in [0, 0.1) is 0 Å². The Kier molecular flexibility index (Phi) is 6.01. The number of nitrogens with zero attached hydrogens (tertiary/aromatic N) is 1. The van der Waals surface area contributed by atoms with Gasteiger partial charge in [0.2, 0.25) is 0 Å². The van der Waals surface area contributed by atoms with Crippen molar-refractivity contribution in [2.24, 2.45) is 0 Å². The van der Waals surface area contributed by atoms with Gasteiger partial charge >= 0.3 is 12.1 Å². The van der Waals surface area contributed by atoms with Crippen LogP contribution in [0.25, 0.3) is 5.57 Å². The molecule has 32 heavy (non-hydrogen) atoms. The number of hydrogen-bond donors (Lipinski definition) is 1. The van der Waals surface area contributed by atoms with E-state index in [0.717, 1.165) is 37.6 Å². The maximum atomic E-state index is 12.9. The van der Waals surface area contributed by atoms with Crippen molar-refractivity contribution in [2.75, 3.05) is 32.2 Å². The van der Waals surface area contributed by atoms with E-state index in [1.165, 1.54) is 13.2 Å². The zero-order chi connectivity index (χ0) is 22.9. The molecule has 5 nitrogen and oxygen atoms in total. The van der Waals surface area contributed by atoms with Crippen molar-refractivity contribution in [2.45, 2.75) is 30.7 Å². The van der Waals surface area contributed by atoms with Crippen molar-refractivity contribution in [3.05, 3.63) is 65.7 Å². The Hall–Kier alpha value is -2.84. The zero-order valence-electron chi connectivity index (χ0n) is 17.9. The zero-order valence-corrected chi connectivity index (χ0v) is 17.9. The van der Waals surface area contributed by atoms with E-state index in [2.05, 4.69) is 23.5 Å². The van der Waals surface area contributed by atoms with Gasteiger partial charge in [0, 0.05) is 18.3 Å². The molecule has 2 aliphatic rings. The minimum Gasteiger partial charge on any atom is -0.496 e. The quantitative estimate of drug-likeness (QED) is 0.752. The van der Waals surface area contributed by atoms with Gasteiger partial charge in [0.15, 0.2) is 0 Å². The molecule has 0 aliphatic carbocycles. The molecule has 170 valence electrons. The molecule has 2 aromatic rings. The van der Waals surface area contributed by atoms with E-state index in [1.54, 1.807) is 12.1 Å². The highest BCUT2D eigenvalue weighted by Crippen LogP contribution is 2.45. The lowest BCUT2D eigenvalue weighted by Gasteiger charge is -2.40. The molecule has 1 spiro atoms. The first-order valence-corrected chi connectivity index (χ1v) is 10.4. The smallest absolute Gasteiger partial charge is 0.471 e. The molecule has 4 rings (SSSR count). The van der Waals surface area contributed by atoms with Gasteiger partial charge in [-0.2, -0.15) is 13.2 Å². The lowest BCUT2D eigenvalue weighted by atomic mass is 9.81. The number of anilines is 1. The van der Waals surface area contributed by atoms with Crippen LogP contribution in [0.2, 0.25) is 0 Å². The van der Waals surface area contributed by atoms with Crippen LogP contribution in [0.5, 0.6) is 5.75 Å². The molecule has 1 saturated heterocycles. The summed E-state index contributed by atoms with van der Waals surface area (Å²) in [4.78, 5) is 12.3. The first kappa shape index (κ1) is 22.4. The molecule has 2 atom stereocenters. The van der Waals surface area contributed by atoms with E-state index in [0.29, 0.717) is 22.8 Å². The molecule has 0 bridgehead atoms. The maximum absolute atomic E-state index is 12.9. The summed E-state index contributed by atoms with van der Waals surface area (Å²) in [6.45, 7) is 1.17. The molecule has 0 radical (unpaired) electrons. The van der Waals surface area contributed by atoms with E-state index in [9.17, 15) is 18.0 Å². The van der Waals surface area contributed by atoms with E-state index >= 15 is 0 Å². The number of carbonyl (C=O) groups excluding carboxylic acids is 1. The average Bonchev–Trinajstić information content (AvgIpc) is 3.21. The number of benzene rings is 2. The molecule has 8 heteroatoms. The number of amides is 1. The highest BCUT2D eigenvalue weighted by atomic mass is 19.4. The molecule has 1 fully saturated rings. The minimum absolute atomic E-state index is 0.0430. The molecular formula is C24H25F3N2O3. The molecule has 2 aromatic carbocycles. The number of alkyl halides is 3. The van der Waals surface area contributed by atoms with Crippen molar-refractivity contribution >= 4 is 17.2 Å². The average molecular weight is 446 g/mol. The fraction of sp³-hybridized carbons (Fsp3) is 0.375. The molecule has 1 N–H and O–H groups in total. The normalized spacial score (nSPS) is 23.2. The van der Waals surface area contributed by atoms with Crippen LogP contribution in [0.15, 0.2) is 54.6 Å². The number of ether oxygens (including phenoxy) is 2. The third-order valence-corrected chi connectivity index (χ3v) is 6.09. The fourth-order valence-electron chi connectivity index (χ4n) is 4.49. The molecule has 0 aromatic heterocycles. The van der Waals surface area contributed by atoms with Gasteiger partial charge in [-0.3, -0.25) is 4.79 Å². The molecule has 2 aliphatic heterocycles. The number of piperidine rings is 1. The van der Waals surface area contributed by atoms with Crippen LogP contribution in [0.4, 0.5) is 18.9 Å². The van der Waals surface area contributed by atoms with Gasteiger partial charge in [0.1, 0.15) is 11.4 Å². The minimum atomic E-state index is -4.95. The van der Waals surface area contributed by atoms with E-state index in [1.807, 2.05) is 18.2 Å². The Morgan fingerprint density at radius 1 is 1.22 bits per heavy atom. The predicted octanol–water partition coefficient (Wildman–Crippen LogP) is 4.50. The summed E-state index contributed by atoms with van der Waals surface area (Å²) in [5, 5.41) is 3.55. The monoisotopic (exact) mass is 446 g/mol. The standard InChI is InChI=1S/C24H25F3N2O3/c1-29(22(30)24(25,26)27)18-9-10-20(31-2)19(13-18)17-14-23(32-15-17)11-6-12-28-21(23)16-7-4-3-5-8-16/h3-5,7-10,13-14,21,28H,6,11-12,15H2,1-2H3. The third-order valence-electron chi connectivity index (χ3n) is 6.09. The van der Waals surface area contributed by atoms with Crippen molar-refractivity contribution in [1.82, 2.24) is 5.32 Å². The SMILES string of the molecule is COc1ccc(N(C)C(=O)C(F)(F)F)cc1C1=CC2(CCCNC2c2ccccc2)OC1. The molecule has 0 saturated carbocycles. The van der Waals surface area contributed by atoms with Crippen molar-refractivity contribution in [3.8, 4) is 5.75 Å². The summed E-state index contributed by atoms with van der Waals surface area (Å²) in [7, 11) is 2.61. The number of carbonyl (C=O) groups is 1. The second-order valence-electron chi connectivity index (χ2n) is 8.06.